The highest BCUT2D eigenvalue weighted by atomic mass is 32.2. The lowest BCUT2D eigenvalue weighted by Gasteiger charge is -2.27. The van der Waals surface area contributed by atoms with Gasteiger partial charge in [0.05, 0.1) is 13.2 Å². The Morgan fingerprint density at radius 1 is 1.09 bits per heavy atom. The van der Waals surface area contributed by atoms with E-state index in [0.29, 0.717) is 37.6 Å². The molecule has 174 valence electrons. The fourth-order valence-electron chi connectivity index (χ4n) is 3.51. The minimum atomic E-state index is -3.72. The summed E-state index contributed by atoms with van der Waals surface area (Å²) in [5.41, 5.74) is 0.389. The summed E-state index contributed by atoms with van der Waals surface area (Å²) in [4.78, 5) is 12.4. The number of ether oxygens (including phenoxy) is 2. The van der Waals surface area contributed by atoms with Gasteiger partial charge >= 0.3 is 0 Å². The quantitative estimate of drug-likeness (QED) is 0.533. The van der Waals surface area contributed by atoms with Gasteiger partial charge in [-0.2, -0.15) is 4.31 Å². The molecule has 32 heavy (non-hydrogen) atoms. The topological polar surface area (TPSA) is 84.9 Å². The molecule has 1 aliphatic heterocycles. The number of hydrogen-bond donors (Lipinski definition) is 1. The zero-order valence-corrected chi connectivity index (χ0v) is 19.0. The normalized spacial score (nSPS) is 14.7. The van der Waals surface area contributed by atoms with Gasteiger partial charge in [0.1, 0.15) is 22.2 Å². The van der Waals surface area contributed by atoms with Gasteiger partial charge in [-0.05, 0) is 56.5 Å². The Hall–Kier alpha value is -2.65. The number of carbonyl (C=O) groups is 1. The van der Waals surface area contributed by atoms with Crippen LogP contribution in [0.25, 0.3) is 0 Å². The maximum absolute atomic E-state index is 13.2. The highest BCUT2D eigenvalue weighted by molar-refractivity contribution is 7.89. The predicted octanol–water partition coefficient (Wildman–Crippen LogP) is 4.20. The van der Waals surface area contributed by atoms with Crippen LogP contribution in [0.5, 0.6) is 11.5 Å². The van der Waals surface area contributed by atoms with Gasteiger partial charge in [0.2, 0.25) is 15.9 Å². The van der Waals surface area contributed by atoms with Crippen molar-refractivity contribution < 1.29 is 27.1 Å². The molecule has 1 amide bonds. The average Bonchev–Trinajstić information content (AvgIpc) is 2.78. The number of sulfonamides is 1. The second kappa shape index (κ2) is 11.3. The molecule has 0 saturated carbocycles. The Kier molecular flexibility index (Phi) is 8.46. The van der Waals surface area contributed by atoms with Gasteiger partial charge in [0, 0.05) is 31.3 Å². The molecule has 1 aliphatic rings. The number of nitrogens with one attached hydrogen (secondary N) is 1. The Morgan fingerprint density at radius 3 is 2.59 bits per heavy atom. The van der Waals surface area contributed by atoms with Crippen molar-refractivity contribution in [2.75, 3.05) is 31.6 Å². The molecular weight excluding hydrogens is 435 g/mol. The molecule has 2 aromatic carbocycles. The summed E-state index contributed by atoms with van der Waals surface area (Å²) in [6, 6.07) is 10.5. The average molecular weight is 465 g/mol. The lowest BCUT2D eigenvalue weighted by molar-refractivity contribution is -0.116. The van der Waals surface area contributed by atoms with Crippen LogP contribution in [0.3, 0.4) is 0 Å². The Labute approximate surface area is 188 Å². The van der Waals surface area contributed by atoms with Crippen LogP contribution in [0.15, 0.2) is 47.4 Å². The van der Waals surface area contributed by atoms with Gasteiger partial charge in [-0.25, -0.2) is 12.8 Å². The highest BCUT2D eigenvalue weighted by Gasteiger charge is 2.29. The van der Waals surface area contributed by atoms with Gasteiger partial charge in [-0.15, -0.1) is 0 Å². The minimum absolute atomic E-state index is 0.0634. The first-order valence-corrected chi connectivity index (χ1v) is 12.3. The van der Waals surface area contributed by atoms with Crippen molar-refractivity contribution in [3.8, 4) is 11.5 Å². The van der Waals surface area contributed by atoms with E-state index in [1.807, 2.05) is 0 Å². The molecule has 0 bridgehead atoms. The third-order valence-corrected chi connectivity index (χ3v) is 6.99. The molecule has 1 N–H and O–H groups in total. The van der Waals surface area contributed by atoms with Gasteiger partial charge < -0.3 is 14.8 Å². The lowest BCUT2D eigenvalue weighted by Crippen LogP contribution is -2.35. The summed E-state index contributed by atoms with van der Waals surface area (Å²) in [6.45, 7) is 3.35. The fourth-order valence-corrected chi connectivity index (χ4v) is 5.18. The van der Waals surface area contributed by atoms with Crippen molar-refractivity contribution >= 4 is 21.6 Å². The van der Waals surface area contributed by atoms with E-state index >= 15 is 0 Å². The number of piperidine rings is 1. The van der Waals surface area contributed by atoms with Crippen molar-refractivity contribution in [3.05, 3.63) is 48.3 Å². The molecule has 3 rings (SSSR count). The first-order valence-electron chi connectivity index (χ1n) is 10.9. The number of rotatable bonds is 10. The largest absolute Gasteiger partial charge is 0.493 e. The van der Waals surface area contributed by atoms with Gasteiger partial charge in [-0.3, -0.25) is 4.79 Å². The van der Waals surface area contributed by atoms with Crippen LogP contribution in [-0.4, -0.2) is 44.9 Å². The SMILES string of the molecule is CCOc1ccc(NC(=O)CCCOc2cccc(F)c2)cc1S(=O)(=O)N1CCCCC1. The molecule has 0 atom stereocenters. The molecule has 2 aromatic rings. The van der Waals surface area contributed by atoms with Crippen LogP contribution in [0, 0.1) is 5.82 Å². The van der Waals surface area contributed by atoms with E-state index in [4.69, 9.17) is 9.47 Å². The highest BCUT2D eigenvalue weighted by Crippen LogP contribution is 2.31. The van der Waals surface area contributed by atoms with E-state index in [0.717, 1.165) is 19.3 Å². The van der Waals surface area contributed by atoms with Crippen LogP contribution >= 0.6 is 0 Å². The Balaban J connectivity index is 1.62. The summed E-state index contributed by atoms with van der Waals surface area (Å²) in [5.74, 6) is 0.0356. The summed E-state index contributed by atoms with van der Waals surface area (Å²) in [7, 11) is -3.72. The van der Waals surface area contributed by atoms with E-state index in [-0.39, 0.29) is 35.4 Å². The summed E-state index contributed by atoms with van der Waals surface area (Å²) < 4.78 is 52.0. The van der Waals surface area contributed by atoms with Crippen LogP contribution < -0.4 is 14.8 Å². The van der Waals surface area contributed by atoms with E-state index in [1.165, 1.54) is 22.5 Å². The van der Waals surface area contributed by atoms with E-state index < -0.39 is 10.0 Å². The maximum Gasteiger partial charge on any atom is 0.246 e. The number of nitrogens with zero attached hydrogens (tertiary/aromatic N) is 1. The molecule has 1 fully saturated rings. The maximum atomic E-state index is 13.2. The van der Waals surface area contributed by atoms with Crippen LogP contribution in [0.4, 0.5) is 10.1 Å². The predicted molar refractivity (Wildman–Crippen MR) is 120 cm³/mol. The third kappa shape index (κ3) is 6.43. The van der Waals surface area contributed by atoms with Gasteiger partial charge in [0.15, 0.2) is 0 Å². The minimum Gasteiger partial charge on any atom is -0.493 e. The number of anilines is 1. The van der Waals surface area contributed by atoms with Crippen molar-refractivity contribution in [1.29, 1.82) is 0 Å². The fraction of sp³-hybridized carbons (Fsp3) is 0.435. The van der Waals surface area contributed by atoms with Crippen LogP contribution in [-0.2, 0) is 14.8 Å². The number of amides is 1. The van der Waals surface area contributed by atoms with Crippen molar-refractivity contribution in [2.45, 2.75) is 43.9 Å². The van der Waals surface area contributed by atoms with Gasteiger partial charge in [-0.1, -0.05) is 12.5 Å². The number of carbonyl (C=O) groups excluding carboxylic acids is 1. The molecule has 1 heterocycles. The molecule has 0 unspecified atom stereocenters. The lowest BCUT2D eigenvalue weighted by atomic mass is 10.2. The second-order valence-electron chi connectivity index (χ2n) is 7.52. The molecule has 0 aliphatic carbocycles. The molecule has 9 heteroatoms. The zero-order chi connectivity index (χ0) is 23.0. The van der Waals surface area contributed by atoms with Crippen LogP contribution in [0.2, 0.25) is 0 Å². The molecule has 0 radical (unpaired) electrons. The zero-order valence-electron chi connectivity index (χ0n) is 18.2. The van der Waals surface area contributed by atoms with Crippen molar-refractivity contribution in [1.82, 2.24) is 4.31 Å². The molecule has 0 spiro atoms. The van der Waals surface area contributed by atoms with E-state index in [2.05, 4.69) is 5.32 Å². The third-order valence-electron chi connectivity index (χ3n) is 5.07. The second-order valence-corrected chi connectivity index (χ2v) is 9.42. The standard InChI is InChI=1S/C23H29FN2O5S/c1-2-30-21-12-11-19(17-22(21)32(28,29)26-13-4-3-5-14-26)25-23(27)10-7-15-31-20-9-6-8-18(24)16-20/h6,8-9,11-12,16-17H,2-5,7,10,13-15H2,1H3,(H,25,27). The van der Waals surface area contributed by atoms with E-state index in [9.17, 15) is 17.6 Å². The first-order chi connectivity index (χ1) is 15.4. The Bertz CT molecular complexity index is 1020. The van der Waals surface area contributed by atoms with Gasteiger partial charge in [0.25, 0.3) is 0 Å². The molecular formula is C23H29FN2O5S. The number of halogens is 1. The molecule has 1 saturated heterocycles. The van der Waals surface area contributed by atoms with Crippen molar-refractivity contribution in [3.63, 3.8) is 0 Å². The number of benzene rings is 2. The van der Waals surface area contributed by atoms with E-state index in [1.54, 1.807) is 31.2 Å². The summed E-state index contributed by atoms with van der Waals surface area (Å²) in [5, 5.41) is 2.74. The Morgan fingerprint density at radius 2 is 1.88 bits per heavy atom. The monoisotopic (exact) mass is 464 g/mol. The smallest absolute Gasteiger partial charge is 0.246 e. The molecule has 0 aromatic heterocycles. The summed E-state index contributed by atoms with van der Waals surface area (Å²) >= 11 is 0. The molecule has 7 nitrogen and oxygen atoms in total. The van der Waals surface area contributed by atoms with Crippen molar-refractivity contribution in [2.24, 2.45) is 0 Å². The summed E-state index contributed by atoms with van der Waals surface area (Å²) in [6.07, 6.45) is 3.28. The van der Waals surface area contributed by atoms with Crippen LogP contribution in [0.1, 0.15) is 39.0 Å². The first kappa shape index (κ1) is 24.0. The number of hydrogen-bond acceptors (Lipinski definition) is 5.